The highest BCUT2D eigenvalue weighted by atomic mass is 32.2. The van der Waals surface area contributed by atoms with Crippen LogP contribution in [0.5, 0.6) is 11.5 Å². The van der Waals surface area contributed by atoms with Gasteiger partial charge in [0, 0.05) is 5.39 Å². The molecule has 10 heteroatoms. The van der Waals surface area contributed by atoms with E-state index in [9.17, 15) is 13.2 Å². The van der Waals surface area contributed by atoms with E-state index >= 15 is 4.39 Å². The molecule has 0 bridgehead atoms. The number of hydrogen-bond donors (Lipinski definition) is 1. The molecule has 3 aromatic rings. The third-order valence-electron chi connectivity index (χ3n) is 4.52. The van der Waals surface area contributed by atoms with E-state index in [0.29, 0.717) is 15.4 Å². The van der Waals surface area contributed by atoms with Crippen LogP contribution in [-0.4, -0.2) is 35.2 Å². The molecule has 0 saturated heterocycles. The fraction of sp³-hybridized carbons (Fsp3) is 0.190. The van der Waals surface area contributed by atoms with Gasteiger partial charge in [-0.1, -0.05) is 36.4 Å². The lowest BCUT2D eigenvalue weighted by atomic mass is 10.1. The van der Waals surface area contributed by atoms with Crippen molar-refractivity contribution < 1.29 is 31.8 Å². The smallest absolute Gasteiger partial charge is 0.326 e. The topological polar surface area (TPSA) is 108 Å². The summed E-state index contributed by atoms with van der Waals surface area (Å²) in [5.41, 5.74) is 0.281. The summed E-state index contributed by atoms with van der Waals surface area (Å²) in [6.45, 7) is -0.797. The molecule has 0 amide bonds. The highest BCUT2D eigenvalue weighted by Gasteiger charge is 2.30. The van der Waals surface area contributed by atoms with Crippen LogP contribution in [0.15, 0.2) is 54.6 Å². The summed E-state index contributed by atoms with van der Waals surface area (Å²) in [5.74, 6) is -1.59. The largest absolute Gasteiger partial charge is 0.497 e. The molecule has 0 aliphatic heterocycles. The van der Waals surface area contributed by atoms with E-state index < -0.39 is 34.2 Å². The second kappa shape index (κ2) is 9.19. The van der Waals surface area contributed by atoms with Crippen LogP contribution in [-0.2, 0) is 26.3 Å². The van der Waals surface area contributed by atoms with Gasteiger partial charge in [-0.2, -0.15) is 8.42 Å². The summed E-state index contributed by atoms with van der Waals surface area (Å²) in [6.07, 6.45) is 0. The number of ether oxygens (including phenoxy) is 3. The number of hydrogen-bond acceptors (Lipinski definition) is 6. The summed E-state index contributed by atoms with van der Waals surface area (Å²) in [5, 5.41) is 5.81. The third-order valence-corrected chi connectivity index (χ3v) is 5.44. The van der Waals surface area contributed by atoms with Crippen LogP contribution in [0, 0.1) is 5.82 Å². The van der Waals surface area contributed by atoms with Crippen molar-refractivity contribution in [3.05, 3.63) is 66.0 Å². The Labute approximate surface area is 179 Å². The molecule has 31 heavy (non-hydrogen) atoms. The molecule has 0 saturated carbocycles. The van der Waals surface area contributed by atoms with Crippen molar-refractivity contribution in [3.63, 3.8) is 0 Å². The minimum atomic E-state index is -4.55. The van der Waals surface area contributed by atoms with Gasteiger partial charge in [0.05, 0.1) is 14.2 Å². The van der Waals surface area contributed by atoms with Crippen molar-refractivity contribution in [2.75, 3.05) is 25.1 Å². The number of nitrogens with two attached hydrogens (primary N) is 1. The maximum absolute atomic E-state index is 15.7. The molecule has 3 aromatic carbocycles. The second-order valence-electron chi connectivity index (χ2n) is 6.53. The van der Waals surface area contributed by atoms with E-state index in [1.807, 2.05) is 6.07 Å². The van der Waals surface area contributed by atoms with Crippen molar-refractivity contribution in [1.82, 2.24) is 0 Å². The molecular weight excluding hydrogens is 427 g/mol. The number of carbonyl (C=O) groups excluding carboxylic acids is 1. The fourth-order valence-electron chi connectivity index (χ4n) is 2.98. The number of nitrogens with zero attached hydrogens (tertiary/aromatic N) is 1. The number of anilines is 1. The van der Waals surface area contributed by atoms with Gasteiger partial charge in [-0.15, -0.1) is 0 Å². The average Bonchev–Trinajstić information content (AvgIpc) is 2.76. The lowest BCUT2D eigenvalue weighted by Crippen LogP contribution is -2.41. The van der Waals surface area contributed by atoms with Gasteiger partial charge < -0.3 is 14.2 Å². The molecular formula is C21H21FN2O6S. The first-order chi connectivity index (χ1) is 14.7. The van der Waals surface area contributed by atoms with Crippen molar-refractivity contribution in [2.45, 2.75) is 6.61 Å². The highest BCUT2D eigenvalue weighted by molar-refractivity contribution is 7.90. The summed E-state index contributed by atoms with van der Waals surface area (Å²) in [6, 6.07) is 15.2. The molecule has 0 fully saturated rings. The molecule has 2 N–H and O–H groups in total. The predicted octanol–water partition coefficient (Wildman–Crippen LogP) is 2.75. The van der Waals surface area contributed by atoms with E-state index in [0.717, 1.165) is 12.7 Å². The fourth-order valence-corrected chi connectivity index (χ4v) is 3.69. The lowest BCUT2D eigenvalue weighted by Gasteiger charge is -2.24. The molecule has 164 valence electrons. The van der Waals surface area contributed by atoms with Gasteiger partial charge in [-0.3, -0.25) is 4.79 Å². The Morgan fingerprint density at radius 1 is 1.10 bits per heavy atom. The van der Waals surface area contributed by atoms with Crippen LogP contribution in [0.3, 0.4) is 0 Å². The van der Waals surface area contributed by atoms with Gasteiger partial charge in [-0.25, -0.2) is 13.8 Å². The monoisotopic (exact) mass is 448 g/mol. The number of carbonyl (C=O) groups is 1. The third kappa shape index (κ3) is 5.04. The van der Waals surface area contributed by atoms with Gasteiger partial charge in [0.2, 0.25) is 0 Å². The Balaban J connectivity index is 2.20. The quantitative estimate of drug-likeness (QED) is 0.531. The predicted molar refractivity (Wildman–Crippen MR) is 114 cm³/mol. The van der Waals surface area contributed by atoms with Crippen molar-refractivity contribution >= 4 is 32.6 Å². The SMILES string of the molecule is COC(=O)CN(c1c(OCc2ccccc2)cc2ccc(OC)cc2c1F)S(N)(=O)=O. The van der Waals surface area contributed by atoms with E-state index in [-0.39, 0.29) is 17.7 Å². The number of rotatable bonds is 8. The van der Waals surface area contributed by atoms with Crippen molar-refractivity contribution in [1.29, 1.82) is 0 Å². The molecule has 0 aliphatic rings. The number of esters is 1. The van der Waals surface area contributed by atoms with Crippen LogP contribution in [0.25, 0.3) is 10.8 Å². The molecule has 0 aromatic heterocycles. The maximum atomic E-state index is 15.7. The van der Waals surface area contributed by atoms with Crippen LogP contribution in [0.1, 0.15) is 5.56 Å². The van der Waals surface area contributed by atoms with Crippen LogP contribution in [0.4, 0.5) is 10.1 Å². The minimum absolute atomic E-state index is 0.0334. The number of halogens is 1. The second-order valence-corrected chi connectivity index (χ2v) is 8.00. The molecule has 0 heterocycles. The maximum Gasteiger partial charge on any atom is 0.326 e. The van der Waals surface area contributed by atoms with E-state index in [1.54, 1.807) is 36.4 Å². The molecule has 0 aliphatic carbocycles. The zero-order chi connectivity index (χ0) is 22.6. The zero-order valence-corrected chi connectivity index (χ0v) is 17.7. The number of benzene rings is 3. The van der Waals surface area contributed by atoms with E-state index in [2.05, 4.69) is 4.74 Å². The standard InChI is InChI=1S/C21H21FN2O6S/c1-28-16-9-8-15-10-18(30-13-14-6-4-3-5-7-14)21(20(22)17(15)11-16)24(31(23,26)27)12-19(25)29-2/h3-11H,12-13H2,1-2H3,(H2,23,26,27). The molecule has 0 atom stereocenters. The molecule has 0 radical (unpaired) electrons. The Morgan fingerprint density at radius 3 is 2.42 bits per heavy atom. The minimum Gasteiger partial charge on any atom is -0.497 e. The van der Waals surface area contributed by atoms with Crippen LogP contribution >= 0.6 is 0 Å². The number of fused-ring (bicyclic) bond motifs is 1. The van der Waals surface area contributed by atoms with Crippen molar-refractivity contribution in [2.24, 2.45) is 5.14 Å². The lowest BCUT2D eigenvalue weighted by molar-refractivity contribution is -0.138. The summed E-state index contributed by atoms with van der Waals surface area (Å²) in [4.78, 5) is 11.8. The molecule has 3 rings (SSSR count). The van der Waals surface area contributed by atoms with Crippen LogP contribution < -0.4 is 18.9 Å². The van der Waals surface area contributed by atoms with Gasteiger partial charge in [0.25, 0.3) is 10.2 Å². The first kappa shape index (κ1) is 22.3. The normalized spacial score (nSPS) is 11.2. The van der Waals surface area contributed by atoms with Crippen molar-refractivity contribution in [3.8, 4) is 11.5 Å². The Morgan fingerprint density at radius 2 is 1.81 bits per heavy atom. The summed E-state index contributed by atoms with van der Waals surface area (Å²) >= 11 is 0. The Kier molecular flexibility index (Phi) is 6.62. The number of methoxy groups -OCH3 is 2. The average molecular weight is 448 g/mol. The summed E-state index contributed by atoms with van der Waals surface area (Å²) in [7, 11) is -2.05. The first-order valence-electron chi connectivity index (χ1n) is 9.09. The van der Waals surface area contributed by atoms with Gasteiger partial charge in [0.1, 0.15) is 30.3 Å². The first-order valence-corrected chi connectivity index (χ1v) is 10.6. The zero-order valence-electron chi connectivity index (χ0n) is 16.9. The molecule has 0 unspecified atom stereocenters. The summed E-state index contributed by atoms with van der Waals surface area (Å²) < 4.78 is 56.1. The molecule has 8 nitrogen and oxygen atoms in total. The van der Waals surface area contributed by atoms with Gasteiger partial charge in [-0.05, 0) is 29.1 Å². The van der Waals surface area contributed by atoms with Gasteiger partial charge in [0.15, 0.2) is 5.82 Å². The Hall–Kier alpha value is -3.37. The molecule has 0 spiro atoms. The van der Waals surface area contributed by atoms with Gasteiger partial charge >= 0.3 is 5.97 Å². The van der Waals surface area contributed by atoms with E-state index in [4.69, 9.17) is 14.6 Å². The Bertz CT molecular complexity index is 1200. The van der Waals surface area contributed by atoms with Crippen LogP contribution in [0.2, 0.25) is 0 Å². The highest BCUT2D eigenvalue weighted by Crippen LogP contribution is 2.39. The van der Waals surface area contributed by atoms with E-state index in [1.165, 1.54) is 19.2 Å².